The summed E-state index contributed by atoms with van der Waals surface area (Å²) in [6.07, 6.45) is 6.42. The van der Waals surface area contributed by atoms with Crippen molar-refractivity contribution in [2.45, 2.75) is 104 Å². The van der Waals surface area contributed by atoms with Crippen LogP contribution in [-0.2, 0) is 29.0 Å². The van der Waals surface area contributed by atoms with E-state index in [0.717, 1.165) is 51.4 Å². The van der Waals surface area contributed by atoms with Crippen LogP contribution in [0.4, 0.5) is 9.59 Å². The van der Waals surface area contributed by atoms with Gasteiger partial charge in [-0.15, -0.1) is 0 Å². The highest BCUT2D eigenvalue weighted by Gasteiger charge is 2.16. The van der Waals surface area contributed by atoms with Crippen molar-refractivity contribution in [1.82, 2.24) is 0 Å². The molecular formula is C20H38O8. The summed E-state index contributed by atoms with van der Waals surface area (Å²) in [5.41, 5.74) is -1.09. The van der Waals surface area contributed by atoms with Gasteiger partial charge in [-0.1, -0.05) is 38.5 Å². The first-order valence-corrected chi connectivity index (χ1v) is 10.0. The molecule has 0 aliphatic rings. The zero-order valence-corrected chi connectivity index (χ0v) is 18.3. The Morgan fingerprint density at radius 3 is 1.11 bits per heavy atom. The summed E-state index contributed by atoms with van der Waals surface area (Å²) in [6, 6.07) is 0. The third-order valence-corrected chi connectivity index (χ3v) is 3.20. The van der Waals surface area contributed by atoms with E-state index in [1.54, 1.807) is 41.5 Å². The van der Waals surface area contributed by atoms with E-state index in [2.05, 4.69) is 9.78 Å². The molecule has 8 nitrogen and oxygen atoms in total. The molecule has 0 amide bonds. The Morgan fingerprint density at radius 2 is 0.821 bits per heavy atom. The van der Waals surface area contributed by atoms with Crippen LogP contribution >= 0.6 is 0 Å². The summed E-state index contributed by atoms with van der Waals surface area (Å²) in [5, 5.41) is 0. The lowest BCUT2D eigenvalue weighted by Gasteiger charge is -2.16. The highest BCUT2D eigenvalue weighted by Crippen LogP contribution is 2.11. The Balaban J connectivity index is 3.32. The molecule has 0 saturated carbocycles. The van der Waals surface area contributed by atoms with E-state index in [1.165, 1.54) is 0 Å². The molecular weight excluding hydrogens is 368 g/mol. The summed E-state index contributed by atoms with van der Waals surface area (Å²) < 4.78 is 9.84. The van der Waals surface area contributed by atoms with Crippen molar-refractivity contribution >= 4 is 12.3 Å². The highest BCUT2D eigenvalue weighted by atomic mass is 17.2. The van der Waals surface area contributed by atoms with Crippen LogP contribution in [-0.4, -0.2) is 36.7 Å². The standard InChI is InChI=1S/C20H38O8/c1-19(2,3)27-25-17(21)23-15-13-11-9-7-8-10-12-14-16-24-18(22)26-28-20(4,5)6/h7-16H2,1-6H3. The molecule has 0 rings (SSSR count). The number of hydrogen-bond acceptors (Lipinski definition) is 8. The minimum Gasteiger partial charge on any atom is -0.432 e. The number of ether oxygens (including phenoxy) is 2. The Bertz CT molecular complexity index is 383. The quantitative estimate of drug-likeness (QED) is 0.162. The van der Waals surface area contributed by atoms with E-state index >= 15 is 0 Å². The molecule has 0 saturated heterocycles. The van der Waals surface area contributed by atoms with Crippen LogP contribution in [0.5, 0.6) is 0 Å². The number of carbonyl (C=O) groups excluding carboxylic acids is 2. The van der Waals surface area contributed by atoms with Crippen LogP contribution in [0.1, 0.15) is 92.9 Å². The molecule has 0 N–H and O–H groups in total. The van der Waals surface area contributed by atoms with Crippen LogP contribution < -0.4 is 0 Å². The lowest BCUT2D eigenvalue weighted by molar-refractivity contribution is -0.312. The molecule has 0 bridgehead atoms. The van der Waals surface area contributed by atoms with E-state index in [-0.39, 0.29) is 0 Å². The molecule has 0 radical (unpaired) electrons. The Hall–Kier alpha value is -1.54. The van der Waals surface area contributed by atoms with E-state index in [0.29, 0.717) is 13.2 Å². The molecule has 166 valence electrons. The van der Waals surface area contributed by atoms with Gasteiger partial charge >= 0.3 is 12.3 Å². The van der Waals surface area contributed by atoms with Crippen molar-refractivity contribution in [3.05, 3.63) is 0 Å². The van der Waals surface area contributed by atoms with Crippen molar-refractivity contribution in [3.63, 3.8) is 0 Å². The molecule has 0 heterocycles. The first kappa shape index (κ1) is 26.5. The fraction of sp³-hybridized carbons (Fsp3) is 0.900. The Morgan fingerprint density at radius 1 is 0.536 bits per heavy atom. The molecule has 0 aromatic heterocycles. The van der Waals surface area contributed by atoms with Gasteiger partial charge in [-0.05, 0) is 54.4 Å². The summed E-state index contributed by atoms with van der Waals surface area (Å²) in [6.45, 7) is 11.4. The van der Waals surface area contributed by atoms with Crippen molar-refractivity contribution in [3.8, 4) is 0 Å². The average molecular weight is 407 g/mol. The molecule has 8 heteroatoms. The van der Waals surface area contributed by atoms with Gasteiger partial charge in [0, 0.05) is 0 Å². The first-order chi connectivity index (χ1) is 13.0. The van der Waals surface area contributed by atoms with Gasteiger partial charge in [0.1, 0.15) is 11.2 Å². The smallest absolute Gasteiger partial charge is 0.432 e. The molecule has 0 aromatic carbocycles. The van der Waals surface area contributed by atoms with Gasteiger partial charge in [0.15, 0.2) is 0 Å². The second-order valence-corrected chi connectivity index (χ2v) is 8.58. The minimum atomic E-state index is -0.800. The number of carbonyl (C=O) groups is 2. The van der Waals surface area contributed by atoms with E-state index in [9.17, 15) is 9.59 Å². The van der Waals surface area contributed by atoms with Crippen LogP contribution in [0.2, 0.25) is 0 Å². The Kier molecular flexibility index (Phi) is 13.7. The van der Waals surface area contributed by atoms with Gasteiger partial charge in [0.25, 0.3) is 0 Å². The third kappa shape index (κ3) is 20.8. The molecule has 0 atom stereocenters. The predicted octanol–water partition coefficient (Wildman–Crippen LogP) is 5.87. The monoisotopic (exact) mass is 406 g/mol. The third-order valence-electron chi connectivity index (χ3n) is 3.20. The topological polar surface area (TPSA) is 89.5 Å². The fourth-order valence-electron chi connectivity index (χ4n) is 1.94. The van der Waals surface area contributed by atoms with E-state index < -0.39 is 23.5 Å². The van der Waals surface area contributed by atoms with Crippen molar-refractivity contribution in [2.24, 2.45) is 0 Å². The maximum atomic E-state index is 11.3. The second-order valence-electron chi connectivity index (χ2n) is 8.58. The second kappa shape index (κ2) is 14.5. The van der Waals surface area contributed by atoms with Crippen LogP contribution in [0.15, 0.2) is 0 Å². The van der Waals surface area contributed by atoms with Gasteiger partial charge in [0.2, 0.25) is 0 Å². The maximum absolute atomic E-state index is 11.3. The fourth-order valence-corrected chi connectivity index (χ4v) is 1.94. The van der Waals surface area contributed by atoms with Crippen molar-refractivity contribution in [1.29, 1.82) is 0 Å². The lowest BCUT2D eigenvalue weighted by atomic mass is 10.1. The summed E-state index contributed by atoms with van der Waals surface area (Å²) in [5.74, 6) is 0. The summed E-state index contributed by atoms with van der Waals surface area (Å²) in [4.78, 5) is 41.3. The number of hydrogen-bond donors (Lipinski definition) is 0. The molecule has 0 fully saturated rings. The molecule has 0 spiro atoms. The first-order valence-electron chi connectivity index (χ1n) is 10.0. The van der Waals surface area contributed by atoms with Gasteiger partial charge in [-0.3, -0.25) is 9.78 Å². The van der Waals surface area contributed by atoms with E-state index in [1.807, 2.05) is 0 Å². The molecule has 0 aliphatic carbocycles. The normalized spacial score (nSPS) is 11.8. The lowest BCUT2D eigenvalue weighted by Crippen LogP contribution is -2.22. The zero-order chi connectivity index (χ0) is 21.5. The van der Waals surface area contributed by atoms with E-state index in [4.69, 9.17) is 19.2 Å². The summed E-state index contributed by atoms with van der Waals surface area (Å²) in [7, 11) is 0. The Labute approximate surface area is 169 Å². The molecule has 0 aliphatic heterocycles. The largest absolute Gasteiger partial charge is 0.540 e. The van der Waals surface area contributed by atoms with Crippen LogP contribution in [0.25, 0.3) is 0 Å². The van der Waals surface area contributed by atoms with Gasteiger partial charge < -0.3 is 9.47 Å². The van der Waals surface area contributed by atoms with Crippen LogP contribution in [0.3, 0.4) is 0 Å². The van der Waals surface area contributed by atoms with Gasteiger partial charge in [0.05, 0.1) is 13.2 Å². The van der Waals surface area contributed by atoms with Crippen LogP contribution in [0, 0.1) is 0 Å². The molecule has 0 aromatic rings. The van der Waals surface area contributed by atoms with Gasteiger partial charge in [-0.2, -0.15) is 9.78 Å². The predicted molar refractivity (Wildman–Crippen MR) is 103 cm³/mol. The molecule has 28 heavy (non-hydrogen) atoms. The minimum absolute atomic E-state index is 0.332. The van der Waals surface area contributed by atoms with Gasteiger partial charge in [-0.25, -0.2) is 9.59 Å². The van der Waals surface area contributed by atoms with Crippen molar-refractivity contribution in [2.75, 3.05) is 13.2 Å². The average Bonchev–Trinajstić information content (AvgIpc) is 2.58. The number of rotatable bonds is 13. The number of unbranched alkanes of at least 4 members (excludes halogenated alkanes) is 7. The maximum Gasteiger partial charge on any atom is 0.540 e. The molecule has 0 unspecified atom stereocenters. The SMILES string of the molecule is CC(C)(C)OOC(=O)OCCCCCCCCCCOC(=O)OOC(C)(C)C. The highest BCUT2D eigenvalue weighted by molar-refractivity contribution is 5.59. The van der Waals surface area contributed by atoms with Crippen molar-refractivity contribution < 1.29 is 38.6 Å². The summed E-state index contributed by atoms with van der Waals surface area (Å²) >= 11 is 0. The zero-order valence-electron chi connectivity index (χ0n) is 18.3.